The van der Waals surface area contributed by atoms with Gasteiger partial charge in [0, 0.05) is 24.0 Å². The van der Waals surface area contributed by atoms with Gasteiger partial charge in [0.2, 0.25) is 5.91 Å². The average Bonchev–Trinajstić information content (AvgIpc) is 3.17. The van der Waals surface area contributed by atoms with E-state index < -0.39 is 0 Å². The van der Waals surface area contributed by atoms with Crippen molar-refractivity contribution in [3.8, 4) is 0 Å². The van der Waals surface area contributed by atoms with Gasteiger partial charge in [-0.25, -0.2) is 4.98 Å². The van der Waals surface area contributed by atoms with Gasteiger partial charge in [-0.1, -0.05) is 0 Å². The lowest BCUT2D eigenvalue weighted by molar-refractivity contribution is -0.130. The molecule has 0 aliphatic carbocycles. The summed E-state index contributed by atoms with van der Waals surface area (Å²) >= 11 is 3.05. The number of nitrogens with two attached hydrogens (primary N) is 1. The number of rotatable bonds is 5. The molecule has 26 heavy (non-hydrogen) atoms. The number of thioether (sulfide) groups is 1. The van der Waals surface area contributed by atoms with Crippen LogP contribution in [0.1, 0.15) is 36.0 Å². The van der Waals surface area contributed by atoms with Crippen molar-refractivity contribution in [2.24, 2.45) is 5.73 Å². The van der Waals surface area contributed by atoms with Gasteiger partial charge in [0.25, 0.3) is 5.56 Å². The first-order valence-electron chi connectivity index (χ1n) is 8.53. The highest BCUT2D eigenvalue weighted by Gasteiger charge is 2.30. The highest BCUT2D eigenvalue weighted by atomic mass is 35.5. The summed E-state index contributed by atoms with van der Waals surface area (Å²) in [4.78, 5) is 36.2. The van der Waals surface area contributed by atoms with Crippen LogP contribution in [0.25, 0.3) is 10.2 Å². The molecule has 2 unspecified atom stereocenters. The normalized spacial score (nSPS) is 18.2. The number of hydrogen-bond donors (Lipinski definition) is 2. The van der Waals surface area contributed by atoms with Crippen molar-refractivity contribution in [1.82, 2.24) is 14.9 Å². The summed E-state index contributed by atoms with van der Waals surface area (Å²) in [7, 11) is 0. The monoisotopic (exact) mass is 416 g/mol. The van der Waals surface area contributed by atoms with E-state index >= 15 is 0 Å². The highest BCUT2D eigenvalue weighted by Crippen LogP contribution is 2.27. The Balaban J connectivity index is 0.00000243. The van der Waals surface area contributed by atoms with Gasteiger partial charge in [0.1, 0.15) is 10.7 Å². The Morgan fingerprint density at radius 2 is 2.23 bits per heavy atom. The highest BCUT2D eigenvalue weighted by molar-refractivity contribution is 7.99. The molecule has 9 heteroatoms. The molecule has 2 aromatic heterocycles. The SMILES string of the molecule is Cc1sc2nc(CSC(C)C(=O)N3CCCC3CN)[nH]c(=O)c2c1C.Cl. The van der Waals surface area contributed by atoms with E-state index in [1.165, 1.54) is 11.8 Å². The first-order chi connectivity index (χ1) is 11.9. The summed E-state index contributed by atoms with van der Waals surface area (Å²) in [5, 5.41) is 0.503. The van der Waals surface area contributed by atoms with Crippen molar-refractivity contribution in [2.75, 3.05) is 13.1 Å². The van der Waals surface area contributed by atoms with Crippen LogP contribution in [0.3, 0.4) is 0 Å². The van der Waals surface area contributed by atoms with Gasteiger partial charge in [-0.3, -0.25) is 9.59 Å². The maximum Gasteiger partial charge on any atom is 0.259 e. The number of carbonyl (C=O) groups is 1. The fourth-order valence-electron chi connectivity index (χ4n) is 3.25. The molecule has 144 valence electrons. The second kappa shape index (κ2) is 8.73. The van der Waals surface area contributed by atoms with Gasteiger partial charge < -0.3 is 15.6 Å². The first kappa shape index (κ1) is 21.2. The van der Waals surface area contributed by atoms with Crippen LogP contribution in [-0.4, -0.2) is 45.2 Å². The zero-order chi connectivity index (χ0) is 18.1. The van der Waals surface area contributed by atoms with E-state index in [4.69, 9.17) is 5.73 Å². The number of thiophene rings is 1. The van der Waals surface area contributed by atoms with Crippen molar-refractivity contribution in [3.63, 3.8) is 0 Å². The van der Waals surface area contributed by atoms with Gasteiger partial charge in [-0.05, 0) is 39.2 Å². The lowest BCUT2D eigenvalue weighted by Crippen LogP contribution is -2.43. The number of nitrogens with one attached hydrogen (secondary N) is 1. The quantitative estimate of drug-likeness (QED) is 0.781. The molecule has 3 rings (SSSR count). The molecule has 1 saturated heterocycles. The predicted octanol–water partition coefficient (Wildman–Crippen LogP) is 2.59. The number of halogens is 1. The van der Waals surface area contributed by atoms with Crippen molar-refractivity contribution in [2.45, 2.75) is 50.7 Å². The molecule has 3 N–H and O–H groups in total. The Kier molecular flexibility index (Phi) is 7.12. The molecule has 1 fully saturated rings. The van der Waals surface area contributed by atoms with Crippen molar-refractivity contribution < 1.29 is 4.79 Å². The minimum atomic E-state index is -0.181. The van der Waals surface area contributed by atoms with Crippen LogP contribution in [0, 0.1) is 13.8 Å². The Hall–Kier alpha value is -1.09. The molecule has 6 nitrogen and oxygen atoms in total. The van der Waals surface area contributed by atoms with Gasteiger partial charge in [-0.2, -0.15) is 0 Å². The molecule has 0 aromatic carbocycles. The molecule has 1 amide bonds. The number of H-pyrrole nitrogens is 1. The Bertz CT molecular complexity index is 851. The lowest BCUT2D eigenvalue weighted by atomic mass is 10.2. The van der Waals surface area contributed by atoms with Crippen LogP contribution < -0.4 is 11.3 Å². The zero-order valence-electron chi connectivity index (χ0n) is 15.2. The standard InChI is InChI=1S/C17H24N4O2S2.ClH/c1-9-10(2)25-16-14(9)15(22)19-13(20-16)8-24-11(3)17(23)21-6-4-5-12(21)7-18;/h11-12H,4-8,18H2,1-3H3,(H,19,20,22);1H. The molecule has 3 heterocycles. The number of amides is 1. The van der Waals surface area contributed by atoms with Crippen molar-refractivity contribution in [3.05, 3.63) is 26.6 Å². The summed E-state index contributed by atoms with van der Waals surface area (Å²) < 4.78 is 0. The van der Waals surface area contributed by atoms with Gasteiger partial charge in [0.05, 0.1) is 16.4 Å². The van der Waals surface area contributed by atoms with Crippen LogP contribution in [0.5, 0.6) is 0 Å². The minimum absolute atomic E-state index is 0. The van der Waals surface area contributed by atoms with Gasteiger partial charge in [-0.15, -0.1) is 35.5 Å². The molecule has 0 radical (unpaired) electrons. The van der Waals surface area contributed by atoms with Crippen LogP contribution in [-0.2, 0) is 10.5 Å². The van der Waals surface area contributed by atoms with E-state index in [1.54, 1.807) is 11.3 Å². The molecular formula is C17H25ClN4O2S2. The Morgan fingerprint density at radius 1 is 1.50 bits per heavy atom. The molecule has 0 spiro atoms. The smallest absolute Gasteiger partial charge is 0.259 e. The summed E-state index contributed by atoms with van der Waals surface area (Å²) in [6, 6.07) is 0.168. The molecule has 0 bridgehead atoms. The summed E-state index contributed by atoms with van der Waals surface area (Å²) in [6.45, 7) is 7.17. The number of carbonyl (C=O) groups excluding carboxylic acids is 1. The Morgan fingerprint density at radius 3 is 2.92 bits per heavy atom. The topological polar surface area (TPSA) is 92.1 Å². The third-order valence-corrected chi connectivity index (χ3v) is 7.08. The average molecular weight is 417 g/mol. The second-order valence-corrected chi connectivity index (χ2v) is 9.02. The molecule has 1 aliphatic rings. The molecule has 1 aliphatic heterocycles. The lowest BCUT2D eigenvalue weighted by Gasteiger charge is -2.26. The van der Waals surface area contributed by atoms with E-state index in [1.807, 2.05) is 25.7 Å². The summed E-state index contributed by atoms with van der Waals surface area (Å²) in [5.41, 5.74) is 6.67. The third-order valence-electron chi connectivity index (χ3n) is 4.84. The predicted molar refractivity (Wildman–Crippen MR) is 112 cm³/mol. The number of aromatic nitrogens is 2. The van der Waals surface area contributed by atoms with Crippen LogP contribution in [0.15, 0.2) is 4.79 Å². The molecular weight excluding hydrogens is 392 g/mol. The maximum atomic E-state index is 12.6. The van der Waals surface area contributed by atoms with E-state index in [-0.39, 0.29) is 35.2 Å². The van der Waals surface area contributed by atoms with Crippen LogP contribution in [0.4, 0.5) is 0 Å². The van der Waals surface area contributed by atoms with E-state index in [0.29, 0.717) is 23.5 Å². The van der Waals surface area contributed by atoms with Crippen LogP contribution in [0.2, 0.25) is 0 Å². The summed E-state index contributed by atoms with van der Waals surface area (Å²) in [5.74, 6) is 1.26. The third kappa shape index (κ3) is 4.08. The van der Waals surface area contributed by atoms with E-state index in [9.17, 15) is 9.59 Å². The fraction of sp³-hybridized carbons (Fsp3) is 0.588. The molecule has 2 aromatic rings. The maximum absolute atomic E-state index is 12.6. The van der Waals surface area contributed by atoms with E-state index in [2.05, 4.69) is 9.97 Å². The van der Waals surface area contributed by atoms with Gasteiger partial charge in [0.15, 0.2) is 0 Å². The summed E-state index contributed by atoms with van der Waals surface area (Å²) in [6.07, 6.45) is 2.01. The molecule has 0 saturated carbocycles. The number of aryl methyl sites for hydroxylation is 2. The van der Waals surface area contributed by atoms with Gasteiger partial charge >= 0.3 is 0 Å². The van der Waals surface area contributed by atoms with E-state index in [0.717, 1.165) is 34.7 Å². The first-order valence-corrected chi connectivity index (χ1v) is 10.4. The number of aromatic amines is 1. The van der Waals surface area contributed by atoms with Crippen molar-refractivity contribution in [1.29, 1.82) is 0 Å². The zero-order valence-corrected chi connectivity index (χ0v) is 17.7. The largest absolute Gasteiger partial charge is 0.337 e. The number of nitrogens with zero attached hydrogens (tertiary/aromatic N) is 2. The van der Waals surface area contributed by atoms with Crippen LogP contribution >= 0.6 is 35.5 Å². The molecule has 2 atom stereocenters. The number of likely N-dealkylation sites (tertiary alicyclic amines) is 1. The second-order valence-electron chi connectivity index (χ2n) is 6.49. The number of hydrogen-bond acceptors (Lipinski definition) is 6. The minimum Gasteiger partial charge on any atom is -0.337 e. The van der Waals surface area contributed by atoms with Crippen molar-refractivity contribution >= 4 is 51.6 Å². The number of fused-ring (bicyclic) bond motifs is 1. The fourth-order valence-corrected chi connectivity index (χ4v) is 5.12. The Labute approximate surface area is 167 Å².